The molecule has 6 nitrogen and oxygen atoms in total. The molecule has 7 heteroatoms. The molecule has 0 saturated carbocycles. The molecule has 0 bridgehead atoms. The summed E-state index contributed by atoms with van der Waals surface area (Å²) >= 11 is 0. The summed E-state index contributed by atoms with van der Waals surface area (Å²) < 4.78 is 27.4. The lowest BCUT2D eigenvalue weighted by Crippen LogP contribution is -2.32. The van der Waals surface area contributed by atoms with Crippen molar-refractivity contribution in [3.05, 3.63) is 107 Å². The highest BCUT2D eigenvalue weighted by atomic mass is 19.1. The topological polar surface area (TPSA) is 61.2 Å². The quantitative estimate of drug-likeness (QED) is 0.500. The van der Waals surface area contributed by atoms with E-state index in [4.69, 9.17) is 9.47 Å². The van der Waals surface area contributed by atoms with E-state index < -0.39 is 6.10 Å². The summed E-state index contributed by atoms with van der Waals surface area (Å²) in [6.07, 6.45) is 1.11. The van der Waals surface area contributed by atoms with Gasteiger partial charge in [-0.3, -0.25) is 0 Å². The van der Waals surface area contributed by atoms with Gasteiger partial charge in [-0.1, -0.05) is 36.4 Å². The van der Waals surface area contributed by atoms with Crippen LogP contribution in [0.25, 0.3) is 5.70 Å². The fourth-order valence-electron chi connectivity index (χ4n) is 4.44. The molecule has 0 spiro atoms. The number of ether oxygens (including phenoxy) is 2. The van der Waals surface area contributed by atoms with Crippen molar-refractivity contribution < 1.29 is 13.9 Å². The number of hydrogen-bond acceptors (Lipinski definition) is 5. The van der Waals surface area contributed by atoms with Gasteiger partial charge in [-0.2, -0.15) is 10.1 Å². The molecule has 4 aromatic rings. The Bertz CT molecular complexity index is 1330. The second-order valence-electron chi connectivity index (χ2n) is 7.70. The van der Waals surface area contributed by atoms with Gasteiger partial charge in [-0.25, -0.2) is 9.07 Å². The third kappa shape index (κ3) is 2.85. The molecule has 6 rings (SSSR count). The molecule has 2 aliphatic rings. The standard InChI is InChI=1S/C25H19FN4O2/c1-31-18-12-8-15(9-13-18)23-21-22(29-25-27-14-28-30(23)25)19-4-2-3-5-20(19)32-24(21)16-6-10-17(26)11-7-16/h2-14,23-24H,1H3,(H,27,28,29)/t23-,24-/m0/s1. The first-order chi connectivity index (χ1) is 15.7. The van der Waals surface area contributed by atoms with E-state index in [1.165, 1.54) is 18.5 Å². The largest absolute Gasteiger partial charge is 0.497 e. The monoisotopic (exact) mass is 426 g/mol. The number of nitrogens with one attached hydrogen (secondary N) is 1. The SMILES string of the molecule is COc1ccc([C@H]2C3=C(Nc4ncnn42)c2ccccc2O[C@H]3c2ccc(F)cc2)cc1. The molecule has 0 unspecified atom stereocenters. The molecule has 158 valence electrons. The van der Waals surface area contributed by atoms with Crippen molar-refractivity contribution in [3.63, 3.8) is 0 Å². The molecule has 3 heterocycles. The molecule has 0 amide bonds. The fraction of sp³-hybridized carbons (Fsp3) is 0.120. The van der Waals surface area contributed by atoms with Crippen LogP contribution in [-0.2, 0) is 0 Å². The van der Waals surface area contributed by atoms with Crippen molar-refractivity contribution in [3.8, 4) is 11.5 Å². The molecule has 32 heavy (non-hydrogen) atoms. The van der Waals surface area contributed by atoms with Gasteiger partial charge in [0.2, 0.25) is 5.95 Å². The Morgan fingerprint density at radius 1 is 0.969 bits per heavy atom. The van der Waals surface area contributed by atoms with Crippen LogP contribution in [0.15, 0.2) is 84.7 Å². The Morgan fingerprint density at radius 3 is 2.50 bits per heavy atom. The summed E-state index contributed by atoms with van der Waals surface area (Å²) in [4.78, 5) is 4.43. The molecule has 0 aliphatic carbocycles. The number of benzene rings is 3. The maximum absolute atomic E-state index is 13.7. The lowest BCUT2D eigenvalue weighted by atomic mass is 9.84. The van der Waals surface area contributed by atoms with E-state index in [0.29, 0.717) is 5.95 Å². The first kappa shape index (κ1) is 18.6. The van der Waals surface area contributed by atoms with E-state index in [-0.39, 0.29) is 11.9 Å². The number of fused-ring (bicyclic) bond motifs is 3. The van der Waals surface area contributed by atoms with Crippen molar-refractivity contribution in [2.45, 2.75) is 12.1 Å². The number of anilines is 1. The van der Waals surface area contributed by atoms with Gasteiger partial charge in [0.25, 0.3) is 0 Å². The highest BCUT2D eigenvalue weighted by molar-refractivity contribution is 5.85. The van der Waals surface area contributed by atoms with Gasteiger partial charge in [-0.15, -0.1) is 0 Å². The average molecular weight is 426 g/mol. The highest BCUT2D eigenvalue weighted by Gasteiger charge is 2.40. The molecule has 3 aromatic carbocycles. The van der Waals surface area contributed by atoms with Crippen LogP contribution in [-0.4, -0.2) is 21.9 Å². The lowest BCUT2D eigenvalue weighted by Gasteiger charge is -2.39. The first-order valence-corrected chi connectivity index (χ1v) is 10.3. The van der Waals surface area contributed by atoms with Crippen LogP contribution in [0.2, 0.25) is 0 Å². The lowest BCUT2D eigenvalue weighted by molar-refractivity contribution is 0.223. The van der Waals surface area contributed by atoms with Crippen molar-refractivity contribution >= 4 is 11.6 Å². The van der Waals surface area contributed by atoms with Crippen LogP contribution in [0.1, 0.15) is 28.8 Å². The van der Waals surface area contributed by atoms with Gasteiger partial charge in [0, 0.05) is 11.1 Å². The van der Waals surface area contributed by atoms with Gasteiger partial charge < -0.3 is 14.8 Å². The minimum atomic E-state index is -0.433. The normalized spacial score (nSPS) is 18.7. The fourth-order valence-corrected chi connectivity index (χ4v) is 4.44. The molecule has 0 fully saturated rings. The van der Waals surface area contributed by atoms with E-state index in [2.05, 4.69) is 15.4 Å². The number of halogens is 1. The van der Waals surface area contributed by atoms with Crippen LogP contribution in [0, 0.1) is 5.82 Å². The minimum absolute atomic E-state index is 0.266. The maximum atomic E-state index is 13.7. The summed E-state index contributed by atoms with van der Waals surface area (Å²) in [5, 5.41) is 7.97. The zero-order valence-electron chi connectivity index (χ0n) is 17.2. The zero-order valence-corrected chi connectivity index (χ0v) is 17.2. The van der Waals surface area contributed by atoms with Gasteiger partial charge >= 0.3 is 0 Å². The van der Waals surface area contributed by atoms with Crippen LogP contribution in [0.4, 0.5) is 10.3 Å². The predicted molar refractivity (Wildman–Crippen MR) is 118 cm³/mol. The summed E-state index contributed by atoms with van der Waals surface area (Å²) in [5.74, 6) is 1.90. The van der Waals surface area contributed by atoms with E-state index in [0.717, 1.165) is 39.5 Å². The Labute approximate surface area is 183 Å². The minimum Gasteiger partial charge on any atom is -0.497 e. The molecule has 0 radical (unpaired) electrons. The number of methoxy groups -OCH3 is 1. The number of hydrogen-bond donors (Lipinski definition) is 1. The number of para-hydroxylation sites is 1. The molecule has 1 aromatic heterocycles. The molecule has 0 saturated heterocycles. The van der Waals surface area contributed by atoms with E-state index in [1.54, 1.807) is 19.2 Å². The van der Waals surface area contributed by atoms with Crippen LogP contribution in [0.5, 0.6) is 11.5 Å². The predicted octanol–water partition coefficient (Wildman–Crippen LogP) is 4.99. The van der Waals surface area contributed by atoms with Crippen LogP contribution < -0.4 is 14.8 Å². The summed E-state index contributed by atoms with van der Waals surface area (Å²) in [7, 11) is 1.65. The van der Waals surface area contributed by atoms with Crippen molar-refractivity contribution in [2.75, 3.05) is 12.4 Å². The molecule has 2 aliphatic heterocycles. The third-order valence-electron chi connectivity index (χ3n) is 5.93. The highest BCUT2D eigenvalue weighted by Crippen LogP contribution is 2.50. The second-order valence-corrected chi connectivity index (χ2v) is 7.70. The number of aromatic nitrogens is 3. The molecule has 1 N–H and O–H groups in total. The van der Waals surface area contributed by atoms with E-state index in [1.807, 2.05) is 53.2 Å². The van der Waals surface area contributed by atoms with Gasteiger partial charge in [-0.05, 0) is 47.5 Å². The van der Waals surface area contributed by atoms with Crippen molar-refractivity contribution in [2.24, 2.45) is 0 Å². The van der Waals surface area contributed by atoms with Crippen LogP contribution in [0.3, 0.4) is 0 Å². The maximum Gasteiger partial charge on any atom is 0.226 e. The van der Waals surface area contributed by atoms with Crippen molar-refractivity contribution in [1.29, 1.82) is 0 Å². The number of rotatable bonds is 3. The third-order valence-corrected chi connectivity index (χ3v) is 5.93. The van der Waals surface area contributed by atoms with Crippen molar-refractivity contribution in [1.82, 2.24) is 14.8 Å². The summed E-state index contributed by atoms with van der Waals surface area (Å²) in [5.41, 5.74) is 4.74. The Kier molecular flexibility index (Phi) is 4.21. The van der Waals surface area contributed by atoms with Gasteiger partial charge in [0.15, 0.2) is 0 Å². The average Bonchev–Trinajstić information content (AvgIpc) is 3.31. The Balaban J connectivity index is 1.60. The molecular formula is C25H19FN4O2. The second kappa shape index (κ2) is 7.23. The Morgan fingerprint density at radius 2 is 1.72 bits per heavy atom. The molecule has 2 atom stereocenters. The van der Waals surface area contributed by atoms with Gasteiger partial charge in [0.1, 0.15) is 35.8 Å². The first-order valence-electron chi connectivity index (χ1n) is 10.3. The summed E-state index contributed by atoms with van der Waals surface area (Å²) in [6, 6.07) is 22.0. The zero-order chi connectivity index (χ0) is 21.7. The summed E-state index contributed by atoms with van der Waals surface area (Å²) in [6.45, 7) is 0. The smallest absolute Gasteiger partial charge is 0.226 e. The van der Waals surface area contributed by atoms with Crippen LogP contribution >= 0.6 is 0 Å². The van der Waals surface area contributed by atoms with Gasteiger partial charge in [0.05, 0.1) is 12.8 Å². The number of nitrogens with zero attached hydrogens (tertiary/aromatic N) is 3. The molecular weight excluding hydrogens is 407 g/mol. The van der Waals surface area contributed by atoms with E-state index in [9.17, 15) is 4.39 Å². The Hall–Kier alpha value is -4.13. The van der Waals surface area contributed by atoms with E-state index >= 15 is 0 Å².